The van der Waals surface area contributed by atoms with Crippen molar-refractivity contribution >= 4 is 5.91 Å². The monoisotopic (exact) mass is 481 g/mol. The molecule has 0 bridgehead atoms. The van der Waals surface area contributed by atoms with Gasteiger partial charge in [-0.2, -0.15) is 0 Å². The van der Waals surface area contributed by atoms with E-state index in [1.165, 1.54) is 77.5 Å². The molecule has 2 aromatic heterocycles. The van der Waals surface area contributed by atoms with Crippen LogP contribution in [0.25, 0.3) is 0 Å². The third-order valence-electron chi connectivity index (χ3n) is 8.78. The van der Waals surface area contributed by atoms with Crippen LogP contribution in [0.1, 0.15) is 69.4 Å². The van der Waals surface area contributed by atoms with Crippen LogP contribution in [-0.4, -0.2) is 81.0 Å². The number of hydrogen-bond acceptors (Lipinski definition) is 5. The molecule has 8 heteroatoms. The van der Waals surface area contributed by atoms with Gasteiger partial charge in [-0.3, -0.25) is 4.79 Å². The fourth-order valence-electron chi connectivity index (χ4n) is 6.64. The second kappa shape index (κ2) is 11.7. The molecule has 3 aliphatic rings. The van der Waals surface area contributed by atoms with E-state index >= 15 is 0 Å². The first-order valence-corrected chi connectivity index (χ1v) is 13.9. The first kappa shape index (κ1) is 24.5. The smallest absolute Gasteiger partial charge is 0.224 e. The Morgan fingerprint density at radius 3 is 2.29 bits per heavy atom. The van der Waals surface area contributed by atoms with Gasteiger partial charge in [0.25, 0.3) is 0 Å². The maximum absolute atomic E-state index is 13.0. The van der Waals surface area contributed by atoms with Gasteiger partial charge in [-0.1, -0.05) is 19.3 Å². The molecule has 0 unspecified atom stereocenters. The third-order valence-corrected chi connectivity index (χ3v) is 8.78. The lowest BCUT2D eigenvalue weighted by molar-refractivity contribution is -0.125. The molecule has 1 spiro atoms. The number of amides is 1. The van der Waals surface area contributed by atoms with Gasteiger partial charge in [0.2, 0.25) is 5.91 Å². The molecule has 0 atom stereocenters. The van der Waals surface area contributed by atoms with E-state index in [2.05, 4.69) is 35.1 Å². The molecular weight excluding hydrogens is 438 g/mol. The van der Waals surface area contributed by atoms with Crippen molar-refractivity contribution in [3.63, 3.8) is 0 Å². The SMILES string of the molecule is O=C(NCCCN1CCC2(CCN(C3CCCCC3)CC2)C1)C(Cc1ncc[nH]1)Cc1ncc[nH]1. The molecule has 3 fully saturated rings. The predicted octanol–water partition coefficient (Wildman–Crippen LogP) is 3.16. The molecule has 2 saturated heterocycles. The van der Waals surface area contributed by atoms with Gasteiger partial charge in [-0.15, -0.1) is 0 Å². The molecule has 0 radical (unpaired) electrons. The fraction of sp³-hybridized carbons (Fsp3) is 0.741. The summed E-state index contributed by atoms with van der Waals surface area (Å²) in [7, 11) is 0. The molecule has 1 aliphatic carbocycles. The number of nitrogens with one attached hydrogen (secondary N) is 3. The minimum absolute atomic E-state index is 0.0887. The molecule has 35 heavy (non-hydrogen) atoms. The molecule has 4 heterocycles. The number of rotatable bonds is 10. The fourth-order valence-corrected chi connectivity index (χ4v) is 6.64. The third kappa shape index (κ3) is 6.53. The van der Waals surface area contributed by atoms with Gasteiger partial charge >= 0.3 is 0 Å². The van der Waals surface area contributed by atoms with Crippen molar-refractivity contribution in [3.8, 4) is 0 Å². The average molecular weight is 482 g/mol. The quantitative estimate of drug-likeness (QED) is 0.453. The predicted molar refractivity (Wildman–Crippen MR) is 137 cm³/mol. The molecule has 1 amide bonds. The molecule has 0 aromatic carbocycles. The Morgan fingerprint density at radius 1 is 1.00 bits per heavy atom. The first-order chi connectivity index (χ1) is 17.2. The van der Waals surface area contributed by atoms with Crippen LogP contribution in [0, 0.1) is 11.3 Å². The highest BCUT2D eigenvalue weighted by Gasteiger charge is 2.41. The van der Waals surface area contributed by atoms with Crippen LogP contribution in [0.15, 0.2) is 24.8 Å². The van der Waals surface area contributed by atoms with E-state index in [1.807, 2.05) is 0 Å². The first-order valence-electron chi connectivity index (χ1n) is 13.9. The highest BCUT2D eigenvalue weighted by atomic mass is 16.1. The minimum Gasteiger partial charge on any atom is -0.356 e. The zero-order valence-corrected chi connectivity index (χ0v) is 21.2. The summed E-state index contributed by atoms with van der Waals surface area (Å²) in [6.45, 7) is 6.89. The van der Waals surface area contributed by atoms with Crippen molar-refractivity contribution in [1.82, 2.24) is 35.1 Å². The van der Waals surface area contributed by atoms with Gasteiger partial charge in [-0.05, 0) is 70.1 Å². The van der Waals surface area contributed by atoms with Crippen LogP contribution in [0.3, 0.4) is 0 Å². The lowest BCUT2D eigenvalue weighted by atomic mass is 9.77. The summed E-state index contributed by atoms with van der Waals surface area (Å²) in [6.07, 6.45) is 20.5. The zero-order chi connectivity index (χ0) is 23.9. The van der Waals surface area contributed by atoms with Crippen LogP contribution < -0.4 is 5.32 Å². The van der Waals surface area contributed by atoms with Crippen molar-refractivity contribution in [3.05, 3.63) is 36.4 Å². The van der Waals surface area contributed by atoms with Gasteiger partial charge in [0, 0.05) is 56.8 Å². The van der Waals surface area contributed by atoms with Crippen LogP contribution in [0.2, 0.25) is 0 Å². The van der Waals surface area contributed by atoms with E-state index in [9.17, 15) is 4.79 Å². The summed E-state index contributed by atoms with van der Waals surface area (Å²) in [5.41, 5.74) is 0.547. The summed E-state index contributed by atoms with van der Waals surface area (Å²) in [6, 6.07) is 0.867. The van der Waals surface area contributed by atoms with E-state index in [4.69, 9.17) is 0 Å². The molecule has 2 aromatic rings. The van der Waals surface area contributed by atoms with Gasteiger partial charge in [0.15, 0.2) is 0 Å². The minimum atomic E-state index is -0.184. The molecule has 8 nitrogen and oxygen atoms in total. The molecule has 192 valence electrons. The van der Waals surface area contributed by atoms with E-state index in [0.29, 0.717) is 18.3 Å². The molecule has 1 saturated carbocycles. The van der Waals surface area contributed by atoms with Crippen LogP contribution >= 0.6 is 0 Å². The number of carbonyl (C=O) groups is 1. The number of aromatic nitrogens is 4. The largest absolute Gasteiger partial charge is 0.356 e. The van der Waals surface area contributed by atoms with Gasteiger partial charge in [0.1, 0.15) is 11.6 Å². The maximum atomic E-state index is 13.0. The number of imidazole rings is 2. The van der Waals surface area contributed by atoms with E-state index in [0.717, 1.165) is 37.2 Å². The second-order valence-corrected chi connectivity index (χ2v) is 11.2. The number of likely N-dealkylation sites (tertiary alicyclic amines) is 2. The van der Waals surface area contributed by atoms with Crippen LogP contribution in [-0.2, 0) is 17.6 Å². The number of aromatic amines is 2. The van der Waals surface area contributed by atoms with Crippen molar-refractivity contribution in [2.45, 2.75) is 76.7 Å². The van der Waals surface area contributed by atoms with E-state index in [-0.39, 0.29) is 11.8 Å². The number of carbonyl (C=O) groups excluding carboxylic acids is 1. The molecule has 5 rings (SSSR count). The van der Waals surface area contributed by atoms with Gasteiger partial charge < -0.3 is 25.1 Å². The molecular formula is C27H43N7O. The van der Waals surface area contributed by atoms with Gasteiger partial charge in [0.05, 0.1) is 5.92 Å². The topological polar surface area (TPSA) is 92.9 Å². The van der Waals surface area contributed by atoms with E-state index < -0.39 is 0 Å². The Hall–Kier alpha value is -2.19. The highest BCUT2D eigenvalue weighted by molar-refractivity contribution is 5.79. The lowest BCUT2D eigenvalue weighted by Crippen LogP contribution is -2.46. The summed E-state index contributed by atoms with van der Waals surface area (Å²) >= 11 is 0. The van der Waals surface area contributed by atoms with Crippen molar-refractivity contribution in [2.75, 3.05) is 39.3 Å². The molecule has 2 aliphatic heterocycles. The number of H-pyrrole nitrogens is 2. The lowest BCUT2D eigenvalue weighted by Gasteiger charge is -2.43. The van der Waals surface area contributed by atoms with Crippen molar-refractivity contribution in [1.29, 1.82) is 0 Å². The van der Waals surface area contributed by atoms with Crippen LogP contribution in [0.5, 0.6) is 0 Å². The Kier molecular flexibility index (Phi) is 8.19. The zero-order valence-electron chi connectivity index (χ0n) is 21.2. The average Bonchev–Trinajstić information content (AvgIpc) is 3.66. The summed E-state index contributed by atoms with van der Waals surface area (Å²) in [5.74, 6) is 1.59. The van der Waals surface area contributed by atoms with Crippen molar-refractivity contribution in [2.24, 2.45) is 11.3 Å². The van der Waals surface area contributed by atoms with Crippen LogP contribution in [0.4, 0.5) is 0 Å². The second-order valence-electron chi connectivity index (χ2n) is 11.2. The Balaban J connectivity index is 1.02. The van der Waals surface area contributed by atoms with Crippen molar-refractivity contribution < 1.29 is 4.79 Å². The number of piperidine rings is 1. The normalized spacial score (nSPS) is 21.7. The highest BCUT2D eigenvalue weighted by Crippen LogP contribution is 2.41. The molecule has 3 N–H and O–H groups in total. The number of nitrogens with zero attached hydrogens (tertiary/aromatic N) is 4. The maximum Gasteiger partial charge on any atom is 0.224 e. The van der Waals surface area contributed by atoms with Gasteiger partial charge in [-0.25, -0.2) is 9.97 Å². The number of hydrogen-bond donors (Lipinski definition) is 3. The van der Waals surface area contributed by atoms with E-state index in [1.54, 1.807) is 24.8 Å². The Morgan fingerprint density at radius 2 is 1.66 bits per heavy atom. The summed E-state index contributed by atoms with van der Waals surface area (Å²) in [4.78, 5) is 33.3. The standard InChI is InChI=1S/C27H43N7O/c35-26(22(19-24-28-11-12-29-24)20-25-30-13-14-31-25)32-10-4-15-33-16-7-27(21-33)8-17-34(18-9-27)23-5-2-1-3-6-23/h11-14,22-23H,1-10,15-21H2,(H,28,29)(H,30,31)(H,32,35). The Bertz CT molecular complexity index is 847. The summed E-state index contributed by atoms with van der Waals surface area (Å²) in [5, 5.41) is 3.19. The Labute approximate surface area is 209 Å². The summed E-state index contributed by atoms with van der Waals surface area (Å²) < 4.78 is 0.